The highest BCUT2D eigenvalue weighted by molar-refractivity contribution is 9.10. The van der Waals surface area contributed by atoms with Gasteiger partial charge in [0.2, 0.25) is 10.0 Å². The summed E-state index contributed by atoms with van der Waals surface area (Å²) in [7, 11) is -4.28. The summed E-state index contributed by atoms with van der Waals surface area (Å²) < 4.78 is 53.8. The van der Waals surface area contributed by atoms with E-state index in [-0.39, 0.29) is 10.9 Å². The van der Waals surface area contributed by atoms with Crippen molar-refractivity contribution >= 4 is 31.9 Å². The molecule has 5 nitrogen and oxygen atoms in total. The first-order valence-electron chi connectivity index (χ1n) is 6.64. The molecule has 1 N–H and O–H groups in total. The van der Waals surface area contributed by atoms with Crippen LogP contribution in [-0.4, -0.2) is 35.9 Å². The number of nitrogens with zero attached hydrogens (tertiary/aromatic N) is 1. The first kappa shape index (κ1) is 15.8. The van der Waals surface area contributed by atoms with E-state index in [4.69, 9.17) is 5.11 Å². The minimum atomic E-state index is -4.28. The van der Waals surface area contributed by atoms with Crippen molar-refractivity contribution in [3.8, 4) is 0 Å². The van der Waals surface area contributed by atoms with Gasteiger partial charge in [-0.25, -0.2) is 17.2 Å². The summed E-state index contributed by atoms with van der Waals surface area (Å²) in [5.41, 5.74) is 0. The highest BCUT2D eigenvalue weighted by atomic mass is 79.9. The summed E-state index contributed by atoms with van der Waals surface area (Å²) in [5, 5.41) is 9.16. The SMILES string of the molecule is O=C(O)C1CC2CCC1N2S(=O)(=O)c1cc(F)c(Br)cc1F. The lowest BCUT2D eigenvalue weighted by Crippen LogP contribution is -2.38. The van der Waals surface area contributed by atoms with Crippen LogP contribution in [0.4, 0.5) is 8.78 Å². The van der Waals surface area contributed by atoms with Crippen LogP contribution in [0.15, 0.2) is 21.5 Å². The van der Waals surface area contributed by atoms with Crippen LogP contribution in [0.3, 0.4) is 0 Å². The molecule has 3 rings (SSSR count). The fraction of sp³-hybridized carbons (Fsp3) is 0.462. The van der Waals surface area contributed by atoms with Gasteiger partial charge in [-0.15, -0.1) is 0 Å². The maximum absolute atomic E-state index is 14.0. The molecule has 1 aromatic rings. The number of fused-ring (bicyclic) bond motifs is 2. The Hall–Kier alpha value is -1.06. The van der Waals surface area contributed by atoms with Gasteiger partial charge < -0.3 is 5.11 Å². The lowest BCUT2D eigenvalue weighted by molar-refractivity contribution is -0.142. The number of sulfonamides is 1. The number of carboxylic acid groups (broad SMARTS) is 1. The first-order valence-corrected chi connectivity index (χ1v) is 8.87. The maximum atomic E-state index is 14.0. The van der Waals surface area contributed by atoms with Crippen molar-refractivity contribution in [2.45, 2.75) is 36.2 Å². The fourth-order valence-corrected chi connectivity index (χ4v) is 5.69. The first-order chi connectivity index (χ1) is 10.2. The number of aliphatic carboxylic acids is 1. The Morgan fingerprint density at radius 2 is 1.95 bits per heavy atom. The van der Waals surface area contributed by atoms with E-state index >= 15 is 0 Å². The van der Waals surface area contributed by atoms with Crippen LogP contribution in [-0.2, 0) is 14.8 Å². The van der Waals surface area contributed by atoms with Crippen LogP contribution in [0.5, 0.6) is 0 Å². The highest BCUT2D eigenvalue weighted by Crippen LogP contribution is 2.45. The van der Waals surface area contributed by atoms with E-state index in [1.807, 2.05) is 0 Å². The molecule has 2 heterocycles. The third kappa shape index (κ3) is 2.26. The zero-order chi connectivity index (χ0) is 16.2. The zero-order valence-corrected chi connectivity index (χ0v) is 13.6. The Balaban J connectivity index is 2.05. The van der Waals surface area contributed by atoms with Crippen LogP contribution >= 0.6 is 15.9 Å². The Morgan fingerprint density at radius 1 is 1.27 bits per heavy atom. The molecule has 0 aromatic heterocycles. The minimum absolute atomic E-state index is 0.170. The van der Waals surface area contributed by atoms with E-state index in [1.54, 1.807) is 0 Å². The summed E-state index contributed by atoms with van der Waals surface area (Å²) in [6, 6.07) is 0.220. The number of halogens is 3. The van der Waals surface area contributed by atoms with Gasteiger partial charge in [0.1, 0.15) is 16.5 Å². The zero-order valence-electron chi connectivity index (χ0n) is 11.2. The number of hydrogen-bond donors (Lipinski definition) is 1. The molecule has 9 heteroatoms. The molecular weight excluding hydrogens is 384 g/mol. The van der Waals surface area contributed by atoms with Gasteiger partial charge in [-0.3, -0.25) is 4.79 Å². The van der Waals surface area contributed by atoms with Crippen LogP contribution in [0.25, 0.3) is 0 Å². The largest absolute Gasteiger partial charge is 0.481 e. The molecule has 0 amide bonds. The van der Waals surface area contributed by atoms with Gasteiger partial charge in [0.25, 0.3) is 0 Å². The van der Waals surface area contributed by atoms with Crippen LogP contribution in [0.1, 0.15) is 19.3 Å². The molecule has 120 valence electrons. The number of rotatable bonds is 3. The molecule has 0 radical (unpaired) electrons. The van der Waals surface area contributed by atoms with E-state index < -0.39 is 50.5 Å². The van der Waals surface area contributed by atoms with Gasteiger partial charge in [0, 0.05) is 12.1 Å². The lowest BCUT2D eigenvalue weighted by atomic mass is 9.89. The van der Waals surface area contributed by atoms with Gasteiger partial charge in [-0.2, -0.15) is 4.31 Å². The maximum Gasteiger partial charge on any atom is 0.308 e. The van der Waals surface area contributed by atoms with Crippen molar-refractivity contribution in [2.24, 2.45) is 5.92 Å². The molecule has 22 heavy (non-hydrogen) atoms. The van der Waals surface area contributed by atoms with Gasteiger partial charge in [0.05, 0.1) is 10.4 Å². The Labute approximate surface area is 134 Å². The molecule has 2 fully saturated rings. The molecule has 0 saturated carbocycles. The number of carbonyl (C=O) groups is 1. The van der Waals surface area contributed by atoms with Crippen LogP contribution in [0.2, 0.25) is 0 Å². The normalized spacial score (nSPS) is 28.2. The molecule has 0 spiro atoms. The van der Waals surface area contributed by atoms with E-state index in [9.17, 15) is 22.0 Å². The van der Waals surface area contributed by atoms with E-state index in [0.717, 1.165) is 10.4 Å². The van der Waals surface area contributed by atoms with E-state index in [0.29, 0.717) is 18.9 Å². The van der Waals surface area contributed by atoms with Crippen molar-refractivity contribution in [3.05, 3.63) is 28.2 Å². The second-order valence-electron chi connectivity index (χ2n) is 5.51. The quantitative estimate of drug-likeness (QED) is 0.797. The lowest BCUT2D eigenvalue weighted by Gasteiger charge is -2.22. The second kappa shape index (κ2) is 5.24. The molecule has 2 saturated heterocycles. The molecule has 3 unspecified atom stereocenters. The molecule has 2 aliphatic rings. The molecule has 3 atom stereocenters. The number of carboxylic acids is 1. The fourth-order valence-electron chi connectivity index (χ4n) is 3.39. The predicted octanol–water partition coefficient (Wildman–Crippen LogP) is 2.35. The third-order valence-electron chi connectivity index (χ3n) is 4.32. The molecule has 2 bridgehead atoms. The summed E-state index contributed by atoms with van der Waals surface area (Å²) >= 11 is 2.79. The van der Waals surface area contributed by atoms with Gasteiger partial charge >= 0.3 is 5.97 Å². The van der Waals surface area contributed by atoms with E-state index in [2.05, 4.69) is 15.9 Å². The van der Waals surface area contributed by atoms with Gasteiger partial charge in [-0.1, -0.05) is 0 Å². The predicted molar refractivity (Wildman–Crippen MR) is 75.6 cm³/mol. The van der Waals surface area contributed by atoms with Crippen molar-refractivity contribution in [2.75, 3.05) is 0 Å². The molecule has 0 aliphatic carbocycles. The Bertz CT molecular complexity index is 755. The summed E-state index contributed by atoms with van der Waals surface area (Å²) in [6.45, 7) is 0. The summed E-state index contributed by atoms with van der Waals surface area (Å²) in [6.07, 6.45) is 1.16. The van der Waals surface area contributed by atoms with Gasteiger partial charge in [-0.05, 0) is 47.3 Å². The topological polar surface area (TPSA) is 74.7 Å². The van der Waals surface area contributed by atoms with Crippen molar-refractivity contribution in [3.63, 3.8) is 0 Å². The van der Waals surface area contributed by atoms with Crippen molar-refractivity contribution in [1.82, 2.24) is 4.31 Å². The smallest absolute Gasteiger partial charge is 0.308 e. The average Bonchev–Trinajstić information content (AvgIpc) is 3.01. The second-order valence-corrected chi connectivity index (χ2v) is 8.18. The average molecular weight is 396 g/mol. The monoisotopic (exact) mass is 395 g/mol. The van der Waals surface area contributed by atoms with Gasteiger partial charge in [0.15, 0.2) is 0 Å². The minimum Gasteiger partial charge on any atom is -0.481 e. The highest BCUT2D eigenvalue weighted by Gasteiger charge is 2.54. The molecular formula is C13H12BrF2NO4S. The number of benzene rings is 1. The summed E-state index contributed by atoms with van der Waals surface area (Å²) in [4.78, 5) is 10.5. The van der Waals surface area contributed by atoms with Crippen LogP contribution < -0.4 is 0 Å². The third-order valence-corrected chi connectivity index (χ3v) is 6.92. The Morgan fingerprint density at radius 3 is 2.55 bits per heavy atom. The molecule has 1 aromatic carbocycles. The number of hydrogen-bond acceptors (Lipinski definition) is 3. The Kier molecular flexibility index (Phi) is 3.77. The van der Waals surface area contributed by atoms with Crippen molar-refractivity contribution in [1.29, 1.82) is 0 Å². The van der Waals surface area contributed by atoms with E-state index in [1.165, 1.54) is 0 Å². The standard InChI is InChI=1S/C13H12BrF2NO4S/c14-8-4-10(16)12(5-9(8)15)22(20,21)17-6-1-2-11(17)7(3-6)13(18)19/h4-7,11H,1-3H2,(H,18,19). The van der Waals surface area contributed by atoms with Crippen molar-refractivity contribution < 1.29 is 27.1 Å². The summed E-state index contributed by atoms with van der Waals surface area (Å²) in [5.74, 6) is -3.81. The molecule has 2 aliphatic heterocycles. The van der Waals surface area contributed by atoms with Crippen LogP contribution in [0, 0.1) is 17.6 Å².